The van der Waals surface area contributed by atoms with E-state index >= 15 is 0 Å². The number of carboxylic acid groups (broad SMARTS) is 1. The Morgan fingerprint density at radius 3 is 2.15 bits per heavy atom. The van der Waals surface area contributed by atoms with E-state index in [9.17, 15) is 9.90 Å². The highest BCUT2D eigenvalue weighted by Crippen LogP contribution is 2.20. The first kappa shape index (κ1) is 14.3. The summed E-state index contributed by atoms with van der Waals surface area (Å²) in [6.45, 7) is 0. The van der Waals surface area contributed by atoms with Crippen LogP contribution in [0.4, 0.5) is 0 Å². The highest BCUT2D eigenvalue weighted by atomic mass is 16.4. The third-order valence-electron chi connectivity index (χ3n) is 3.24. The summed E-state index contributed by atoms with van der Waals surface area (Å²) in [5.41, 5.74) is 3.43. The molecule has 2 rings (SSSR count). The van der Waals surface area contributed by atoms with Gasteiger partial charge in [0.1, 0.15) is 0 Å². The van der Waals surface area contributed by atoms with Crippen molar-refractivity contribution in [3.63, 3.8) is 0 Å². The SMILES string of the molecule is O=C(O)C[C@@H](O)CCc1ccc(-c2ccccc2)cc1. The summed E-state index contributed by atoms with van der Waals surface area (Å²) >= 11 is 0. The van der Waals surface area contributed by atoms with E-state index in [1.54, 1.807) is 0 Å². The zero-order valence-corrected chi connectivity index (χ0v) is 11.2. The lowest BCUT2D eigenvalue weighted by atomic mass is 10.0. The van der Waals surface area contributed by atoms with E-state index < -0.39 is 12.1 Å². The van der Waals surface area contributed by atoms with Gasteiger partial charge in [0, 0.05) is 0 Å². The zero-order chi connectivity index (χ0) is 14.4. The molecule has 20 heavy (non-hydrogen) atoms. The zero-order valence-electron chi connectivity index (χ0n) is 11.2. The van der Waals surface area contributed by atoms with E-state index in [2.05, 4.69) is 12.1 Å². The highest BCUT2D eigenvalue weighted by molar-refractivity contribution is 5.67. The van der Waals surface area contributed by atoms with Crippen LogP contribution in [0.1, 0.15) is 18.4 Å². The smallest absolute Gasteiger partial charge is 0.305 e. The molecule has 0 aliphatic carbocycles. The van der Waals surface area contributed by atoms with Crippen molar-refractivity contribution in [3.8, 4) is 11.1 Å². The fourth-order valence-corrected chi connectivity index (χ4v) is 2.13. The first-order valence-corrected chi connectivity index (χ1v) is 6.69. The van der Waals surface area contributed by atoms with Gasteiger partial charge < -0.3 is 10.2 Å². The van der Waals surface area contributed by atoms with Crippen molar-refractivity contribution in [1.82, 2.24) is 0 Å². The normalized spacial score (nSPS) is 12.1. The molecule has 104 valence electrons. The van der Waals surface area contributed by atoms with Crippen molar-refractivity contribution in [2.45, 2.75) is 25.4 Å². The first-order chi connectivity index (χ1) is 9.65. The summed E-state index contributed by atoms with van der Waals surface area (Å²) in [5.74, 6) is -0.961. The molecule has 0 unspecified atom stereocenters. The van der Waals surface area contributed by atoms with Crippen molar-refractivity contribution < 1.29 is 15.0 Å². The molecule has 3 heteroatoms. The molecule has 0 spiro atoms. The van der Waals surface area contributed by atoms with E-state index in [1.165, 1.54) is 5.56 Å². The van der Waals surface area contributed by atoms with Gasteiger partial charge in [0.25, 0.3) is 0 Å². The molecule has 0 bridgehead atoms. The first-order valence-electron chi connectivity index (χ1n) is 6.69. The van der Waals surface area contributed by atoms with E-state index in [4.69, 9.17) is 5.11 Å². The molecule has 0 saturated heterocycles. The van der Waals surface area contributed by atoms with Gasteiger partial charge in [-0.3, -0.25) is 4.79 Å². The Morgan fingerprint density at radius 2 is 1.55 bits per heavy atom. The molecule has 2 N–H and O–H groups in total. The van der Waals surface area contributed by atoms with Gasteiger partial charge in [-0.15, -0.1) is 0 Å². The fraction of sp³-hybridized carbons (Fsp3) is 0.235. The van der Waals surface area contributed by atoms with Gasteiger partial charge in [0.2, 0.25) is 0 Å². The third kappa shape index (κ3) is 4.21. The molecule has 0 amide bonds. The van der Waals surface area contributed by atoms with Crippen molar-refractivity contribution in [3.05, 3.63) is 60.2 Å². The van der Waals surface area contributed by atoms with E-state index in [1.807, 2.05) is 42.5 Å². The predicted molar refractivity (Wildman–Crippen MR) is 78.5 cm³/mol. The minimum atomic E-state index is -0.961. The highest BCUT2D eigenvalue weighted by Gasteiger charge is 2.09. The molecule has 0 fully saturated rings. The summed E-state index contributed by atoms with van der Waals surface area (Å²) in [6.07, 6.45) is 0.184. The lowest BCUT2D eigenvalue weighted by Crippen LogP contribution is -2.13. The Kier molecular flexibility index (Phi) is 4.91. The summed E-state index contributed by atoms with van der Waals surface area (Å²) in [6, 6.07) is 18.3. The molecular weight excluding hydrogens is 252 g/mol. The topological polar surface area (TPSA) is 57.5 Å². The second kappa shape index (κ2) is 6.87. The number of carboxylic acids is 1. The average molecular weight is 270 g/mol. The number of carbonyl (C=O) groups is 1. The van der Waals surface area contributed by atoms with Crippen LogP contribution >= 0.6 is 0 Å². The van der Waals surface area contributed by atoms with Gasteiger partial charge in [-0.05, 0) is 29.5 Å². The van der Waals surface area contributed by atoms with Gasteiger partial charge in [-0.1, -0.05) is 54.6 Å². The number of rotatable bonds is 6. The monoisotopic (exact) mass is 270 g/mol. The molecule has 2 aromatic rings. The van der Waals surface area contributed by atoms with E-state index in [0.29, 0.717) is 12.8 Å². The Labute approximate surface area is 118 Å². The number of aliphatic carboxylic acids is 1. The van der Waals surface area contributed by atoms with Crippen LogP contribution in [0.5, 0.6) is 0 Å². The van der Waals surface area contributed by atoms with Gasteiger partial charge in [-0.2, -0.15) is 0 Å². The second-order valence-corrected chi connectivity index (χ2v) is 4.85. The average Bonchev–Trinajstić information content (AvgIpc) is 2.46. The fourth-order valence-electron chi connectivity index (χ4n) is 2.13. The van der Waals surface area contributed by atoms with Crippen LogP contribution in [0.25, 0.3) is 11.1 Å². The van der Waals surface area contributed by atoms with Crippen LogP contribution in [0, 0.1) is 0 Å². The standard InChI is InChI=1S/C17H18O3/c18-16(12-17(19)20)11-8-13-6-9-15(10-7-13)14-4-2-1-3-5-14/h1-7,9-10,16,18H,8,11-12H2,(H,19,20)/t16-/m0/s1. The molecule has 0 aliphatic heterocycles. The van der Waals surface area contributed by atoms with Crippen LogP contribution in [0.3, 0.4) is 0 Å². The Bertz CT molecular complexity index is 546. The number of benzene rings is 2. The van der Waals surface area contributed by atoms with Crippen LogP contribution in [-0.4, -0.2) is 22.3 Å². The molecule has 3 nitrogen and oxygen atoms in total. The van der Waals surface area contributed by atoms with Gasteiger partial charge in [0.05, 0.1) is 12.5 Å². The number of aliphatic hydroxyl groups excluding tert-OH is 1. The molecule has 1 atom stereocenters. The maximum absolute atomic E-state index is 10.5. The summed E-state index contributed by atoms with van der Waals surface area (Å²) in [7, 11) is 0. The quantitative estimate of drug-likeness (QED) is 0.848. The van der Waals surface area contributed by atoms with Crippen LogP contribution in [0.2, 0.25) is 0 Å². The van der Waals surface area contributed by atoms with Crippen LogP contribution in [0.15, 0.2) is 54.6 Å². The van der Waals surface area contributed by atoms with Crippen LogP contribution in [-0.2, 0) is 11.2 Å². The number of aryl methyl sites for hydroxylation is 1. The van der Waals surface area contributed by atoms with Gasteiger partial charge >= 0.3 is 5.97 Å². The molecular formula is C17H18O3. The largest absolute Gasteiger partial charge is 0.481 e. The van der Waals surface area contributed by atoms with Crippen molar-refractivity contribution in [2.24, 2.45) is 0 Å². The summed E-state index contributed by atoms with van der Waals surface area (Å²) in [5, 5.41) is 18.1. The maximum Gasteiger partial charge on any atom is 0.305 e. The maximum atomic E-state index is 10.5. The summed E-state index contributed by atoms with van der Waals surface area (Å²) in [4.78, 5) is 10.5. The number of aliphatic hydroxyl groups is 1. The molecule has 0 heterocycles. The van der Waals surface area contributed by atoms with Gasteiger partial charge in [0.15, 0.2) is 0 Å². The molecule has 2 aromatic carbocycles. The van der Waals surface area contributed by atoms with Gasteiger partial charge in [-0.25, -0.2) is 0 Å². The second-order valence-electron chi connectivity index (χ2n) is 4.85. The molecule has 0 aromatic heterocycles. The lowest BCUT2D eigenvalue weighted by Gasteiger charge is -2.08. The lowest BCUT2D eigenvalue weighted by molar-refractivity contribution is -0.139. The molecule has 0 saturated carbocycles. The minimum absolute atomic E-state index is 0.192. The van der Waals surface area contributed by atoms with Crippen LogP contribution < -0.4 is 0 Å². The third-order valence-corrected chi connectivity index (χ3v) is 3.24. The van der Waals surface area contributed by atoms with Crippen molar-refractivity contribution in [2.75, 3.05) is 0 Å². The van der Waals surface area contributed by atoms with Crippen molar-refractivity contribution >= 4 is 5.97 Å². The predicted octanol–water partition coefficient (Wildman–Crippen LogP) is 3.12. The summed E-state index contributed by atoms with van der Waals surface area (Å²) < 4.78 is 0. The van der Waals surface area contributed by atoms with E-state index in [-0.39, 0.29) is 6.42 Å². The minimum Gasteiger partial charge on any atom is -0.481 e. The molecule has 0 aliphatic rings. The van der Waals surface area contributed by atoms with E-state index in [0.717, 1.165) is 11.1 Å². The number of hydrogen-bond acceptors (Lipinski definition) is 2. The molecule has 0 radical (unpaired) electrons. The van der Waals surface area contributed by atoms with Crippen molar-refractivity contribution in [1.29, 1.82) is 0 Å². The Morgan fingerprint density at radius 1 is 0.950 bits per heavy atom. The Balaban J connectivity index is 1.94. The number of hydrogen-bond donors (Lipinski definition) is 2. The Hall–Kier alpha value is -2.13.